The second-order valence-electron chi connectivity index (χ2n) is 5.33. The van der Waals surface area contributed by atoms with E-state index in [1.54, 1.807) is 13.0 Å². The molecule has 0 saturated heterocycles. The first-order chi connectivity index (χ1) is 13.1. The molecule has 1 aromatic carbocycles. The Morgan fingerprint density at radius 2 is 1.83 bits per heavy atom. The van der Waals surface area contributed by atoms with E-state index in [2.05, 4.69) is 25.3 Å². The summed E-state index contributed by atoms with van der Waals surface area (Å²) in [7, 11) is 0. The number of rotatable bonds is 6. The molecule has 162 valence electrons. The van der Waals surface area contributed by atoms with Crippen molar-refractivity contribution in [1.82, 2.24) is 15.6 Å². The zero-order chi connectivity index (χ0) is 20.8. The van der Waals surface area contributed by atoms with E-state index in [1.165, 1.54) is 18.2 Å². The summed E-state index contributed by atoms with van der Waals surface area (Å²) in [4.78, 5) is 7.64. The van der Waals surface area contributed by atoms with Gasteiger partial charge in [0.1, 0.15) is 10.8 Å². The number of guanidine groups is 1. The van der Waals surface area contributed by atoms with Crippen molar-refractivity contribution in [1.29, 1.82) is 0 Å². The highest BCUT2D eigenvalue weighted by Crippen LogP contribution is 2.30. The van der Waals surface area contributed by atoms with Crippen molar-refractivity contribution in [3.8, 4) is 5.75 Å². The molecule has 0 fully saturated rings. The number of hydrogen-bond donors (Lipinski definition) is 2. The second-order valence-corrected chi connectivity index (χ2v) is 6.27. The summed E-state index contributed by atoms with van der Waals surface area (Å²) in [6.45, 7) is 2.06. The number of thiazole rings is 1. The SMILES string of the molecule is CCNC(=NCc1ccccc1OC(F)(F)F)NCc1nc(C(F)(F)F)cs1.I. The van der Waals surface area contributed by atoms with Crippen molar-refractivity contribution in [2.24, 2.45) is 4.99 Å². The van der Waals surface area contributed by atoms with Gasteiger partial charge in [0.2, 0.25) is 0 Å². The van der Waals surface area contributed by atoms with E-state index < -0.39 is 18.2 Å². The van der Waals surface area contributed by atoms with Crippen LogP contribution in [0.4, 0.5) is 26.3 Å². The van der Waals surface area contributed by atoms with E-state index in [-0.39, 0.29) is 59.3 Å². The van der Waals surface area contributed by atoms with E-state index >= 15 is 0 Å². The lowest BCUT2D eigenvalue weighted by Crippen LogP contribution is -2.36. The summed E-state index contributed by atoms with van der Waals surface area (Å²) in [6, 6.07) is 5.55. The monoisotopic (exact) mass is 554 g/mol. The molecule has 1 aromatic heterocycles. The third kappa shape index (κ3) is 8.64. The van der Waals surface area contributed by atoms with E-state index in [0.717, 1.165) is 16.7 Å². The second kappa shape index (κ2) is 10.8. The Kier molecular flexibility index (Phi) is 9.45. The fourth-order valence-corrected chi connectivity index (χ4v) is 2.79. The topological polar surface area (TPSA) is 58.5 Å². The minimum absolute atomic E-state index is 0. The molecule has 2 N–H and O–H groups in total. The smallest absolute Gasteiger partial charge is 0.405 e. The Balaban J connectivity index is 0.00000420. The lowest BCUT2D eigenvalue weighted by molar-refractivity contribution is -0.274. The zero-order valence-electron chi connectivity index (χ0n) is 14.9. The van der Waals surface area contributed by atoms with Gasteiger partial charge in [-0.05, 0) is 13.0 Å². The van der Waals surface area contributed by atoms with Gasteiger partial charge in [-0.15, -0.1) is 48.5 Å². The van der Waals surface area contributed by atoms with E-state index in [1.807, 2.05) is 0 Å². The maximum absolute atomic E-state index is 12.6. The molecule has 0 atom stereocenters. The van der Waals surface area contributed by atoms with Crippen LogP contribution in [0.2, 0.25) is 0 Å². The fraction of sp³-hybridized carbons (Fsp3) is 0.375. The molecule has 0 saturated carbocycles. The lowest BCUT2D eigenvalue weighted by atomic mass is 10.2. The molecule has 2 aromatic rings. The van der Waals surface area contributed by atoms with Crippen LogP contribution < -0.4 is 15.4 Å². The van der Waals surface area contributed by atoms with Crippen molar-refractivity contribution < 1.29 is 31.1 Å². The minimum Gasteiger partial charge on any atom is -0.405 e. The van der Waals surface area contributed by atoms with E-state index in [4.69, 9.17) is 0 Å². The van der Waals surface area contributed by atoms with Crippen LogP contribution in [0.5, 0.6) is 5.75 Å². The average molecular weight is 554 g/mol. The van der Waals surface area contributed by atoms with Crippen LogP contribution in [-0.4, -0.2) is 23.9 Å². The first-order valence-electron chi connectivity index (χ1n) is 7.96. The highest BCUT2D eigenvalue weighted by molar-refractivity contribution is 14.0. The van der Waals surface area contributed by atoms with Gasteiger partial charge in [-0.2, -0.15) is 13.2 Å². The lowest BCUT2D eigenvalue weighted by Gasteiger charge is -2.13. The molecule has 0 aliphatic heterocycles. The average Bonchev–Trinajstić information content (AvgIpc) is 3.06. The third-order valence-electron chi connectivity index (χ3n) is 3.20. The normalized spacial score (nSPS) is 12.3. The molecule has 0 amide bonds. The molecular formula is C16H17F6IN4OS. The van der Waals surface area contributed by atoms with Gasteiger partial charge in [-0.1, -0.05) is 18.2 Å². The maximum Gasteiger partial charge on any atom is 0.573 e. The summed E-state index contributed by atoms with van der Waals surface area (Å²) in [5.41, 5.74) is -0.778. The predicted octanol–water partition coefficient (Wildman–Crippen LogP) is 4.93. The predicted molar refractivity (Wildman–Crippen MR) is 107 cm³/mol. The number of nitrogens with one attached hydrogen (secondary N) is 2. The number of alkyl halides is 6. The first-order valence-corrected chi connectivity index (χ1v) is 8.84. The fourth-order valence-electron chi connectivity index (χ4n) is 2.05. The number of benzene rings is 1. The number of aliphatic imine (C=N–C) groups is 1. The maximum atomic E-state index is 12.6. The van der Waals surface area contributed by atoms with Gasteiger partial charge in [-0.3, -0.25) is 0 Å². The minimum atomic E-state index is -4.83. The molecule has 5 nitrogen and oxygen atoms in total. The molecule has 0 bridgehead atoms. The quantitative estimate of drug-likeness (QED) is 0.230. The Morgan fingerprint density at radius 1 is 1.14 bits per heavy atom. The van der Waals surface area contributed by atoms with Crippen molar-refractivity contribution in [3.05, 3.63) is 45.9 Å². The van der Waals surface area contributed by atoms with Crippen molar-refractivity contribution in [3.63, 3.8) is 0 Å². The summed E-state index contributed by atoms with van der Waals surface area (Å²) in [5, 5.41) is 6.76. The number of ether oxygens (including phenoxy) is 1. The Morgan fingerprint density at radius 3 is 2.41 bits per heavy atom. The van der Waals surface area contributed by atoms with Crippen LogP contribution in [0.25, 0.3) is 0 Å². The molecule has 29 heavy (non-hydrogen) atoms. The third-order valence-corrected chi connectivity index (χ3v) is 4.05. The number of aromatic nitrogens is 1. The van der Waals surface area contributed by atoms with Crippen molar-refractivity contribution >= 4 is 41.3 Å². The molecule has 2 rings (SSSR count). The summed E-state index contributed by atoms with van der Waals surface area (Å²) in [5.74, 6) is -0.155. The first kappa shape index (κ1) is 25.3. The van der Waals surface area contributed by atoms with Gasteiger partial charge < -0.3 is 15.4 Å². The van der Waals surface area contributed by atoms with Gasteiger partial charge >= 0.3 is 12.5 Å². The summed E-state index contributed by atoms with van der Waals surface area (Å²) >= 11 is 0.838. The number of halogens is 7. The highest BCUT2D eigenvalue weighted by atomic mass is 127. The summed E-state index contributed by atoms with van der Waals surface area (Å²) < 4.78 is 79.1. The molecule has 0 aliphatic rings. The molecule has 0 radical (unpaired) electrons. The van der Waals surface area contributed by atoms with Gasteiger partial charge in [-0.25, -0.2) is 9.98 Å². The van der Waals surface area contributed by atoms with Gasteiger partial charge in [0.15, 0.2) is 11.7 Å². The van der Waals surface area contributed by atoms with Gasteiger partial charge in [0.05, 0.1) is 13.1 Å². The van der Waals surface area contributed by atoms with Crippen LogP contribution in [0.3, 0.4) is 0 Å². The van der Waals surface area contributed by atoms with Crippen LogP contribution in [0.1, 0.15) is 23.2 Å². The molecule has 0 spiro atoms. The van der Waals surface area contributed by atoms with Crippen LogP contribution in [-0.2, 0) is 19.3 Å². The highest BCUT2D eigenvalue weighted by Gasteiger charge is 2.33. The van der Waals surface area contributed by atoms with E-state index in [9.17, 15) is 26.3 Å². The Labute approximate surface area is 183 Å². The van der Waals surface area contributed by atoms with Crippen LogP contribution >= 0.6 is 35.3 Å². The molecule has 1 heterocycles. The van der Waals surface area contributed by atoms with Crippen LogP contribution in [0.15, 0.2) is 34.6 Å². The molecule has 0 unspecified atom stereocenters. The van der Waals surface area contributed by atoms with Crippen molar-refractivity contribution in [2.45, 2.75) is 32.6 Å². The summed E-state index contributed by atoms with van der Waals surface area (Å²) in [6.07, 6.45) is -9.35. The molecule has 0 aliphatic carbocycles. The van der Waals surface area contributed by atoms with Crippen molar-refractivity contribution in [2.75, 3.05) is 6.54 Å². The number of nitrogens with zero attached hydrogens (tertiary/aromatic N) is 2. The molecule has 13 heteroatoms. The Hall–Kier alpha value is -1.77. The van der Waals surface area contributed by atoms with E-state index in [0.29, 0.717) is 6.54 Å². The Bertz CT molecular complexity index is 809. The van der Waals surface area contributed by atoms with Gasteiger partial charge in [0, 0.05) is 17.5 Å². The zero-order valence-corrected chi connectivity index (χ0v) is 18.0. The van der Waals surface area contributed by atoms with Gasteiger partial charge in [0.25, 0.3) is 0 Å². The van der Waals surface area contributed by atoms with Crippen LogP contribution in [0, 0.1) is 0 Å². The molecular weight excluding hydrogens is 537 g/mol. The number of para-hydroxylation sites is 1. The standard InChI is InChI=1S/C16H16F6N4OS.HI/c1-2-23-14(25-8-13-26-12(9-28-13)15(17,18)19)24-7-10-5-3-4-6-11(10)27-16(20,21)22;/h3-6,9H,2,7-8H2,1H3,(H2,23,24,25);1H. The number of hydrogen-bond acceptors (Lipinski definition) is 4. The largest absolute Gasteiger partial charge is 0.573 e.